The van der Waals surface area contributed by atoms with E-state index < -0.39 is 12.0 Å². The van der Waals surface area contributed by atoms with E-state index in [9.17, 15) is 10.1 Å². The Morgan fingerprint density at radius 2 is 2.09 bits per heavy atom. The summed E-state index contributed by atoms with van der Waals surface area (Å²) in [6.07, 6.45) is 1.77. The second-order valence-electron chi connectivity index (χ2n) is 6.52. The second kappa shape index (κ2) is 9.80. The number of nitrogens with zero attached hydrogens (tertiary/aromatic N) is 4. The van der Waals surface area contributed by atoms with Gasteiger partial charge in [-0.1, -0.05) is 11.6 Å². The first-order chi connectivity index (χ1) is 15.8. The zero-order chi connectivity index (χ0) is 24.1. The molecule has 1 unspecified atom stereocenters. The molecule has 0 fully saturated rings. The van der Waals surface area contributed by atoms with Crippen LogP contribution in [0, 0.1) is 22.8 Å². The van der Waals surface area contributed by atoms with Crippen LogP contribution in [-0.4, -0.2) is 37.2 Å². The Morgan fingerprint density at radius 3 is 2.73 bits per heavy atom. The molecule has 12 nitrogen and oxygen atoms in total. The first kappa shape index (κ1) is 23.2. The summed E-state index contributed by atoms with van der Waals surface area (Å²) in [6.45, 7) is 1.56. The van der Waals surface area contributed by atoms with E-state index in [-0.39, 0.29) is 58.6 Å². The van der Waals surface area contributed by atoms with Gasteiger partial charge in [-0.25, -0.2) is 14.8 Å². The summed E-state index contributed by atoms with van der Waals surface area (Å²) in [4.78, 5) is 20.3. The normalized spacial score (nSPS) is 14.0. The van der Waals surface area contributed by atoms with Crippen LogP contribution in [-0.2, 0) is 9.53 Å². The number of rotatable bonds is 6. The number of carbonyl (C=O) groups excluding carboxylic acids is 1. The number of nitriles is 2. The van der Waals surface area contributed by atoms with Gasteiger partial charge in [-0.15, -0.1) is 0 Å². The molecule has 2 aromatic rings. The Bertz CT molecular complexity index is 1220. The van der Waals surface area contributed by atoms with Crippen LogP contribution in [0.15, 0.2) is 17.1 Å². The summed E-state index contributed by atoms with van der Waals surface area (Å²) in [6, 6.07) is 4.06. The number of anilines is 3. The maximum Gasteiger partial charge on any atom is 0.344 e. The van der Waals surface area contributed by atoms with E-state index in [0.717, 1.165) is 0 Å². The van der Waals surface area contributed by atoms with Gasteiger partial charge < -0.3 is 31.0 Å². The fourth-order valence-electron chi connectivity index (χ4n) is 3.18. The SMILES string of the molecule is CCOC(=O)COc1cc(Cl)c(C2N=C(NC#N)Nc3nc(N)c(C#N)c(N)c32)cc1OC. The molecule has 33 heavy (non-hydrogen) atoms. The topological polar surface area (TPSA) is 194 Å². The van der Waals surface area contributed by atoms with Gasteiger partial charge in [0.15, 0.2) is 24.3 Å². The third-order valence-corrected chi connectivity index (χ3v) is 4.91. The van der Waals surface area contributed by atoms with Gasteiger partial charge in [0.05, 0.1) is 24.4 Å². The van der Waals surface area contributed by atoms with Gasteiger partial charge in [-0.2, -0.15) is 10.5 Å². The molecule has 1 aliphatic heterocycles. The average molecular weight is 471 g/mol. The summed E-state index contributed by atoms with van der Waals surface area (Å²) >= 11 is 6.54. The van der Waals surface area contributed by atoms with Crippen LogP contribution in [0.5, 0.6) is 11.5 Å². The average Bonchev–Trinajstić information content (AvgIpc) is 2.77. The van der Waals surface area contributed by atoms with E-state index in [1.54, 1.807) is 19.2 Å². The molecule has 0 amide bonds. The van der Waals surface area contributed by atoms with Gasteiger partial charge in [-0.05, 0) is 13.0 Å². The number of aromatic nitrogens is 1. The summed E-state index contributed by atoms with van der Waals surface area (Å²) in [5, 5.41) is 23.9. The van der Waals surface area contributed by atoms with Crippen molar-refractivity contribution in [3.8, 4) is 23.8 Å². The van der Waals surface area contributed by atoms with Crippen LogP contribution in [0.4, 0.5) is 17.3 Å². The number of nitrogens with two attached hydrogens (primary N) is 2. The Hall–Kier alpha value is -4.42. The number of benzene rings is 1. The molecule has 1 atom stereocenters. The number of esters is 1. The van der Waals surface area contributed by atoms with Gasteiger partial charge >= 0.3 is 5.97 Å². The van der Waals surface area contributed by atoms with Gasteiger partial charge in [0.2, 0.25) is 5.96 Å². The van der Waals surface area contributed by atoms with Crippen molar-refractivity contribution in [2.75, 3.05) is 37.1 Å². The van der Waals surface area contributed by atoms with Crippen LogP contribution in [0.25, 0.3) is 0 Å². The minimum Gasteiger partial charge on any atom is -0.493 e. The number of nitrogens with one attached hydrogen (secondary N) is 2. The van der Waals surface area contributed by atoms with Crippen molar-refractivity contribution in [1.29, 1.82) is 10.5 Å². The number of carbonyl (C=O) groups is 1. The minimum absolute atomic E-state index is 0.00933. The summed E-state index contributed by atoms with van der Waals surface area (Å²) in [5.41, 5.74) is 12.9. The minimum atomic E-state index is -0.877. The van der Waals surface area contributed by atoms with E-state index >= 15 is 0 Å². The highest BCUT2D eigenvalue weighted by Crippen LogP contribution is 2.45. The zero-order valence-corrected chi connectivity index (χ0v) is 18.4. The van der Waals surface area contributed by atoms with E-state index in [4.69, 9.17) is 42.5 Å². The quantitative estimate of drug-likeness (QED) is 0.272. The lowest BCUT2D eigenvalue weighted by Crippen LogP contribution is -2.32. The molecule has 0 saturated carbocycles. The number of aliphatic imine (C=N–C) groups is 1. The van der Waals surface area contributed by atoms with Crippen LogP contribution in [0.2, 0.25) is 5.02 Å². The Kier molecular flexibility index (Phi) is 6.91. The number of hydrogen-bond acceptors (Lipinski definition) is 12. The first-order valence-corrected chi connectivity index (χ1v) is 9.87. The van der Waals surface area contributed by atoms with Crippen LogP contribution in [0.3, 0.4) is 0 Å². The predicted molar refractivity (Wildman–Crippen MR) is 120 cm³/mol. The number of halogens is 1. The van der Waals surface area contributed by atoms with E-state index in [1.807, 2.05) is 6.07 Å². The fraction of sp³-hybridized carbons (Fsp3) is 0.250. The molecule has 0 saturated heterocycles. The van der Waals surface area contributed by atoms with Crippen LogP contribution < -0.4 is 31.6 Å². The van der Waals surface area contributed by atoms with Gasteiger partial charge in [0, 0.05) is 17.2 Å². The molecule has 0 spiro atoms. The number of guanidine groups is 1. The number of ether oxygens (including phenoxy) is 3. The largest absolute Gasteiger partial charge is 0.493 e. The van der Waals surface area contributed by atoms with E-state index in [0.29, 0.717) is 11.1 Å². The second-order valence-corrected chi connectivity index (χ2v) is 6.93. The summed E-state index contributed by atoms with van der Waals surface area (Å²) in [7, 11) is 1.41. The number of methoxy groups -OCH3 is 1. The molecule has 1 aliphatic rings. The maximum atomic E-state index is 11.6. The van der Waals surface area contributed by atoms with Crippen molar-refractivity contribution < 1.29 is 19.0 Å². The lowest BCUT2D eigenvalue weighted by molar-refractivity contribution is -0.145. The van der Waals surface area contributed by atoms with Gasteiger partial charge in [0.1, 0.15) is 29.3 Å². The lowest BCUT2D eigenvalue weighted by atomic mass is 9.94. The molecular formula is C20H19ClN8O4. The standard InChI is InChI=1S/C20H19ClN8O4/c1-3-32-14(30)7-33-13-5-11(21)9(4-12(13)31-2)17-15-16(24)10(6-22)18(25)28-19(15)29-20(27-17)26-8-23/h4-5,17H,3,7H2,1-2H3,(H6,24,25,26,27,28,29). The molecule has 170 valence electrons. The van der Waals surface area contributed by atoms with E-state index in [2.05, 4.69) is 20.6 Å². The summed E-state index contributed by atoms with van der Waals surface area (Å²) in [5.74, 6) is 0.109. The highest BCUT2D eigenvalue weighted by atomic mass is 35.5. The molecule has 0 radical (unpaired) electrons. The Morgan fingerprint density at radius 1 is 1.33 bits per heavy atom. The number of nitrogen functional groups attached to an aromatic ring is 2. The van der Waals surface area contributed by atoms with Crippen LogP contribution >= 0.6 is 11.6 Å². The fourth-order valence-corrected chi connectivity index (χ4v) is 3.44. The molecule has 0 bridgehead atoms. The van der Waals surface area contributed by atoms with Crippen LogP contribution in [0.1, 0.15) is 29.7 Å². The van der Waals surface area contributed by atoms with Crippen molar-refractivity contribution >= 4 is 40.9 Å². The Balaban J connectivity index is 2.12. The number of pyridine rings is 1. The Labute approximate surface area is 193 Å². The molecule has 1 aromatic carbocycles. The lowest BCUT2D eigenvalue weighted by Gasteiger charge is -2.27. The highest BCUT2D eigenvalue weighted by Gasteiger charge is 2.31. The smallest absolute Gasteiger partial charge is 0.344 e. The van der Waals surface area contributed by atoms with Crippen molar-refractivity contribution in [3.63, 3.8) is 0 Å². The van der Waals surface area contributed by atoms with E-state index in [1.165, 1.54) is 13.2 Å². The molecule has 1 aromatic heterocycles. The zero-order valence-electron chi connectivity index (χ0n) is 17.6. The molecule has 3 rings (SSSR count). The number of fused-ring (bicyclic) bond motifs is 1. The molecular weight excluding hydrogens is 452 g/mol. The predicted octanol–water partition coefficient (Wildman–Crippen LogP) is 1.66. The van der Waals surface area contributed by atoms with Crippen molar-refractivity contribution in [3.05, 3.63) is 33.8 Å². The van der Waals surface area contributed by atoms with Gasteiger partial charge in [0.25, 0.3) is 0 Å². The first-order valence-electron chi connectivity index (χ1n) is 9.49. The monoisotopic (exact) mass is 470 g/mol. The van der Waals surface area contributed by atoms with Gasteiger partial charge in [-0.3, -0.25) is 5.32 Å². The van der Waals surface area contributed by atoms with Crippen molar-refractivity contribution in [1.82, 2.24) is 10.3 Å². The molecule has 6 N–H and O–H groups in total. The third kappa shape index (κ3) is 4.61. The number of hydrogen-bond donors (Lipinski definition) is 4. The maximum absolute atomic E-state index is 11.6. The highest BCUT2D eigenvalue weighted by molar-refractivity contribution is 6.31. The molecule has 0 aliphatic carbocycles. The third-order valence-electron chi connectivity index (χ3n) is 4.59. The van der Waals surface area contributed by atoms with Crippen molar-refractivity contribution in [2.45, 2.75) is 13.0 Å². The summed E-state index contributed by atoms with van der Waals surface area (Å²) < 4.78 is 15.7. The molecule has 13 heteroatoms. The molecule has 2 heterocycles. The van der Waals surface area contributed by atoms with Crippen molar-refractivity contribution in [2.24, 2.45) is 4.99 Å².